The molecule has 2 nitrogen and oxygen atoms in total. The molecule has 0 aromatic heterocycles. The predicted molar refractivity (Wildman–Crippen MR) is 72.7 cm³/mol. The lowest BCUT2D eigenvalue weighted by Crippen LogP contribution is -2.03. The predicted octanol–water partition coefficient (Wildman–Crippen LogP) is 3.76. The van der Waals surface area contributed by atoms with E-state index in [0.717, 1.165) is 16.7 Å². The average Bonchev–Trinajstić information content (AvgIpc) is 2.38. The summed E-state index contributed by atoms with van der Waals surface area (Å²) in [5.74, 6) is -0.300. The second kappa shape index (κ2) is 5.05. The van der Waals surface area contributed by atoms with E-state index in [9.17, 15) is 4.79 Å². The number of hydrogen-bond acceptors (Lipinski definition) is 2. The van der Waals surface area contributed by atoms with Crippen LogP contribution >= 0.6 is 0 Å². The molecule has 0 aliphatic carbocycles. The third-order valence-electron chi connectivity index (χ3n) is 3.00. The second-order valence-electron chi connectivity index (χ2n) is 4.36. The number of carbonyl (C=O) groups is 1. The van der Waals surface area contributed by atoms with Crippen LogP contribution in [0.1, 0.15) is 21.5 Å². The van der Waals surface area contributed by atoms with Crippen LogP contribution in [0.4, 0.5) is 0 Å². The van der Waals surface area contributed by atoms with Gasteiger partial charge in [-0.2, -0.15) is 0 Å². The molecule has 0 aliphatic rings. The Morgan fingerprint density at radius 2 is 1.72 bits per heavy atom. The molecule has 0 spiro atoms. The van der Waals surface area contributed by atoms with Crippen LogP contribution in [0.5, 0.6) is 0 Å². The SMILES string of the molecule is COC(=O)c1ccccc1-c1ccc(C)cc1C. The molecule has 0 heterocycles. The normalized spacial score (nSPS) is 10.2. The van der Waals surface area contributed by atoms with Crippen LogP contribution in [0, 0.1) is 13.8 Å². The molecule has 2 aromatic rings. The first-order valence-corrected chi connectivity index (χ1v) is 5.88. The lowest BCUT2D eigenvalue weighted by molar-refractivity contribution is 0.0601. The van der Waals surface area contributed by atoms with E-state index in [0.29, 0.717) is 5.56 Å². The van der Waals surface area contributed by atoms with Crippen molar-refractivity contribution >= 4 is 5.97 Å². The largest absolute Gasteiger partial charge is 0.465 e. The number of carbonyl (C=O) groups excluding carboxylic acids is 1. The summed E-state index contributed by atoms with van der Waals surface area (Å²) in [4.78, 5) is 11.8. The molecule has 0 N–H and O–H groups in total. The van der Waals surface area contributed by atoms with Crippen molar-refractivity contribution in [3.05, 3.63) is 59.2 Å². The van der Waals surface area contributed by atoms with E-state index >= 15 is 0 Å². The molecule has 18 heavy (non-hydrogen) atoms. The molecule has 0 unspecified atom stereocenters. The Bertz CT molecular complexity index is 585. The van der Waals surface area contributed by atoms with Crippen LogP contribution in [-0.2, 0) is 4.74 Å². The lowest BCUT2D eigenvalue weighted by Gasteiger charge is -2.11. The van der Waals surface area contributed by atoms with E-state index in [2.05, 4.69) is 26.0 Å². The van der Waals surface area contributed by atoms with Gasteiger partial charge < -0.3 is 4.74 Å². The fraction of sp³-hybridized carbons (Fsp3) is 0.188. The quantitative estimate of drug-likeness (QED) is 0.747. The Morgan fingerprint density at radius 3 is 2.39 bits per heavy atom. The van der Waals surface area contributed by atoms with E-state index < -0.39 is 0 Å². The number of benzene rings is 2. The van der Waals surface area contributed by atoms with E-state index in [-0.39, 0.29) is 5.97 Å². The standard InChI is InChI=1S/C16H16O2/c1-11-8-9-13(12(2)10-11)14-6-4-5-7-15(14)16(17)18-3/h4-10H,1-3H3. The van der Waals surface area contributed by atoms with Crippen LogP contribution in [0.25, 0.3) is 11.1 Å². The van der Waals surface area contributed by atoms with Crippen molar-refractivity contribution in [2.24, 2.45) is 0 Å². The van der Waals surface area contributed by atoms with Crippen molar-refractivity contribution < 1.29 is 9.53 Å². The van der Waals surface area contributed by atoms with E-state index in [1.165, 1.54) is 12.7 Å². The monoisotopic (exact) mass is 240 g/mol. The van der Waals surface area contributed by atoms with Crippen molar-refractivity contribution in [3.8, 4) is 11.1 Å². The number of rotatable bonds is 2. The summed E-state index contributed by atoms with van der Waals surface area (Å²) >= 11 is 0. The molecule has 0 bridgehead atoms. The highest BCUT2D eigenvalue weighted by Crippen LogP contribution is 2.27. The Kier molecular flexibility index (Phi) is 3.47. The Hall–Kier alpha value is -2.09. The molecule has 0 radical (unpaired) electrons. The molecular formula is C16H16O2. The summed E-state index contributed by atoms with van der Waals surface area (Å²) < 4.78 is 4.82. The average molecular weight is 240 g/mol. The maximum atomic E-state index is 11.8. The van der Waals surface area contributed by atoms with Gasteiger partial charge in [0.1, 0.15) is 0 Å². The molecule has 0 aliphatic heterocycles. The minimum absolute atomic E-state index is 0.300. The van der Waals surface area contributed by atoms with Crippen LogP contribution in [-0.4, -0.2) is 13.1 Å². The van der Waals surface area contributed by atoms with E-state index in [1.807, 2.05) is 24.3 Å². The molecule has 2 heteroatoms. The van der Waals surface area contributed by atoms with Crippen molar-refractivity contribution in [3.63, 3.8) is 0 Å². The zero-order valence-corrected chi connectivity index (χ0v) is 10.9. The number of esters is 1. The zero-order valence-electron chi connectivity index (χ0n) is 10.9. The Morgan fingerprint density at radius 1 is 1.00 bits per heavy atom. The van der Waals surface area contributed by atoms with Gasteiger partial charge in [0.25, 0.3) is 0 Å². The van der Waals surface area contributed by atoms with Gasteiger partial charge in [0.15, 0.2) is 0 Å². The highest BCUT2D eigenvalue weighted by atomic mass is 16.5. The van der Waals surface area contributed by atoms with Crippen molar-refractivity contribution in [1.82, 2.24) is 0 Å². The van der Waals surface area contributed by atoms with Crippen molar-refractivity contribution in [1.29, 1.82) is 0 Å². The highest BCUT2D eigenvalue weighted by molar-refractivity contribution is 5.97. The van der Waals surface area contributed by atoms with Crippen LogP contribution < -0.4 is 0 Å². The van der Waals surface area contributed by atoms with Gasteiger partial charge in [0.2, 0.25) is 0 Å². The van der Waals surface area contributed by atoms with Gasteiger partial charge >= 0.3 is 5.97 Å². The van der Waals surface area contributed by atoms with E-state index in [4.69, 9.17) is 4.74 Å². The molecule has 2 aromatic carbocycles. The van der Waals surface area contributed by atoms with Gasteiger partial charge in [-0.3, -0.25) is 0 Å². The topological polar surface area (TPSA) is 26.3 Å². The first kappa shape index (κ1) is 12.4. The third kappa shape index (κ3) is 2.28. The summed E-state index contributed by atoms with van der Waals surface area (Å²) in [6.45, 7) is 4.11. The maximum Gasteiger partial charge on any atom is 0.338 e. The third-order valence-corrected chi connectivity index (χ3v) is 3.00. The van der Waals surface area contributed by atoms with Gasteiger partial charge in [0.05, 0.1) is 12.7 Å². The van der Waals surface area contributed by atoms with Gasteiger partial charge in [-0.1, -0.05) is 42.0 Å². The molecule has 0 saturated heterocycles. The Labute approximate surface area is 107 Å². The van der Waals surface area contributed by atoms with Crippen LogP contribution in [0.15, 0.2) is 42.5 Å². The molecule has 2 rings (SSSR count). The van der Waals surface area contributed by atoms with Gasteiger partial charge in [-0.25, -0.2) is 4.79 Å². The first-order chi connectivity index (χ1) is 8.63. The Balaban J connectivity index is 2.60. The maximum absolute atomic E-state index is 11.8. The summed E-state index contributed by atoms with van der Waals surface area (Å²) in [5, 5.41) is 0. The molecule has 0 saturated carbocycles. The lowest BCUT2D eigenvalue weighted by atomic mass is 9.95. The molecule has 0 fully saturated rings. The molecule has 0 amide bonds. The van der Waals surface area contributed by atoms with Crippen molar-refractivity contribution in [2.75, 3.05) is 7.11 Å². The smallest absolute Gasteiger partial charge is 0.338 e. The number of hydrogen-bond donors (Lipinski definition) is 0. The molecule has 92 valence electrons. The van der Waals surface area contributed by atoms with Crippen LogP contribution in [0.2, 0.25) is 0 Å². The molecule has 0 atom stereocenters. The fourth-order valence-electron chi connectivity index (χ4n) is 2.12. The second-order valence-corrected chi connectivity index (χ2v) is 4.36. The first-order valence-electron chi connectivity index (χ1n) is 5.88. The summed E-state index contributed by atoms with van der Waals surface area (Å²) in [7, 11) is 1.40. The van der Waals surface area contributed by atoms with E-state index in [1.54, 1.807) is 6.07 Å². The van der Waals surface area contributed by atoms with Crippen molar-refractivity contribution in [2.45, 2.75) is 13.8 Å². The molecular weight excluding hydrogens is 224 g/mol. The number of aryl methyl sites for hydroxylation is 2. The van der Waals surface area contributed by atoms with Gasteiger partial charge in [0, 0.05) is 0 Å². The minimum Gasteiger partial charge on any atom is -0.465 e. The van der Waals surface area contributed by atoms with Gasteiger partial charge in [-0.05, 0) is 36.6 Å². The van der Waals surface area contributed by atoms with Gasteiger partial charge in [-0.15, -0.1) is 0 Å². The summed E-state index contributed by atoms with van der Waals surface area (Å²) in [6, 6.07) is 13.7. The summed E-state index contributed by atoms with van der Waals surface area (Å²) in [6.07, 6.45) is 0. The zero-order chi connectivity index (χ0) is 13.1. The minimum atomic E-state index is -0.300. The summed E-state index contributed by atoms with van der Waals surface area (Å²) in [5.41, 5.74) is 4.97. The van der Waals surface area contributed by atoms with Crippen LogP contribution in [0.3, 0.4) is 0 Å². The fourth-order valence-corrected chi connectivity index (χ4v) is 2.12. The number of ether oxygens (including phenoxy) is 1. The highest BCUT2D eigenvalue weighted by Gasteiger charge is 2.13. The number of methoxy groups -OCH3 is 1.